The van der Waals surface area contributed by atoms with Crippen molar-refractivity contribution in [1.29, 1.82) is 0 Å². The minimum Gasteiger partial charge on any atom is -0.384 e. The van der Waals surface area contributed by atoms with Crippen molar-refractivity contribution in [1.82, 2.24) is 9.97 Å². The van der Waals surface area contributed by atoms with E-state index in [9.17, 15) is 0 Å². The molecule has 0 saturated carbocycles. The van der Waals surface area contributed by atoms with Crippen molar-refractivity contribution in [3.8, 4) is 0 Å². The van der Waals surface area contributed by atoms with E-state index in [1.165, 1.54) is 5.56 Å². The first-order valence-corrected chi connectivity index (χ1v) is 5.84. The number of aromatic nitrogens is 2. The minimum absolute atomic E-state index is 0.571. The molecule has 0 amide bonds. The Morgan fingerprint density at radius 3 is 2.69 bits per heavy atom. The Morgan fingerprint density at radius 1 is 1.12 bits per heavy atom. The van der Waals surface area contributed by atoms with Gasteiger partial charge in [0.15, 0.2) is 0 Å². The Kier molecular flexibility index (Phi) is 3.51. The van der Waals surface area contributed by atoms with E-state index >= 15 is 0 Å². The van der Waals surface area contributed by atoms with Crippen LogP contribution in [0.1, 0.15) is 11.3 Å². The van der Waals surface area contributed by atoms with E-state index in [0.717, 1.165) is 23.0 Å². The van der Waals surface area contributed by atoms with Crippen LogP contribution in [0.5, 0.6) is 0 Å². The number of nitrogen functional groups attached to an aromatic ring is 1. The number of pyridine rings is 2. The number of nitrogens with zero attached hydrogens (tertiary/aromatic N) is 2. The molecule has 0 spiro atoms. The van der Waals surface area contributed by atoms with Gasteiger partial charge in [-0.05, 0) is 58.6 Å². The molecule has 3 nitrogen and oxygen atoms in total. The first kappa shape index (κ1) is 11.1. The van der Waals surface area contributed by atoms with E-state index in [4.69, 9.17) is 5.73 Å². The van der Waals surface area contributed by atoms with Gasteiger partial charge in [-0.1, -0.05) is 0 Å². The molecular weight excluding hydrogens is 266 g/mol. The van der Waals surface area contributed by atoms with Crippen molar-refractivity contribution in [2.24, 2.45) is 0 Å². The summed E-state index contributed by atoms with van der Waals surface area (Å²) in [6.07, 6.45) is 5.40. The maximum atomic E-state index is 5.61. The Bertz CT molecular complexity index is 468. The van der Waals surface area contributed by atoms with Gasteiger partial charge in [-0.3, -0.25) is 4.98 Å². The third kappa shape index (κ3) is 3.03. The Hall–Kier alpha value is -1.42. The second-order valence-corrected chi connectivity index (χ2v) is 4.47. The van der Waals surface area contributed by atoms with Gasteiger partial charge < -0.3 is 5.73 Å². The molecule has 0 fully saturated rings. The number of hydrogen-bond donors (Lipinski definition) is 1. The second-order valence-electron chi connectivity index (χ2n) is 3.56. The van der Waals surface area contributed by atoms with Crippen LogP contribution in [-0.2, 0) is 12.8 Å². The predicted octanol–water partition coefficient (Wildman–Crippen LogP) is 2.61. The number of anilines is 1. The highest BCUT2D eigenvalue weighted by atomic mass is 79.9. The monoisotopic (exact) mass is 277 g/mol. The summed E-state index contributed by atoms with van der Waals surface area (Å²) < 4.78 is 1.00. The smallest absolute Gasteiger partial charge is 0.123 e. The third-order valence-electron chi connectivity index (χ3n) is 2.30. The lowest BCUT2D eigenvalue weighted by atomic mass is 10.1. The molecule has 2 aromatic heterocycles. The molecule has 0 aliphatic carbocycles. The molecule has 82 valence electrons. The minimum atomic E-state index is 0.571. The number of aryl methyl sites for hydroxylation is 2. The van der Waals surface area contributed by atoms with Crippen LogP contribution in [0.3, 0.4) is 0 Å². The molecule has 0 aromatic carbocycles. The largest absolute Gasteiger partial charge is 0.384 e. The van der Waals surface area contributed by atoms with Gasteiger partial charge in [0.05, 0.1) is 0 Å². The zero-order valence-electron chi connectivity index (χ0n) is 8.73. The van der Waals surface area contributed by atoms with Crippen molar-refractivity contribution in [3.05, 3.63) is 52.4 Å². The van der Waals surface area contributed by atoms with E-state index in [2.05, 4.69) is 25.9 Å². The average molecular weight is 278 g/mol. The molecule has 0 radical (unpaired) electrons. The summed E-state index contributed by atoms with van der Waals surface area (Å²) in [6, 6.07) is 7.91. The van der Waals surface area contributed by atoms with Crippen LogP contribution in [0.2, 0.25) is 0 Å². The van der Waals surface area contributed by atoms with Gasteiger partial charge in [0.1, 0.15) is 5.82 Å². The molecule has 2 heterocycles. The molecule has 0 bridgehead atoms. The highest BCUT2D eigenvalue weighted by Crippen LogP contribution is 2.10. The molecular formula is C12H12BrN3. The maximum Gasteiger partial charge on any atom is 0.123 e. The van der Waals surface area contributed by atoms with E-state index in [1.54, 1.807) is 6.20 Å². The summed E-state index contributed by atoms with van der Waals surface area (Å²) >= 11 is 3.36. The summed E-state index contributed by atoms with van der Waals surface area (Å²) in [5.41, 5.74) is 7.89. The highest BCUT2D eigenvalue weighted by molar-refractivity contribution is 9.10. The third-order valence-corrected chi connectivity index (χ3v) is 2.77. The maximum absolute atomic E-state index is 5.61. The quantitative estimate of drug-likeness (QED) is 0.938. The van der Waals surface area contributed by atoms with Gasteiger partial charge in [-0.15, -0.1) is 0 Å². The summed E-state index contributed by atoms with van der Waals surface area (Å²) in [7, 11) is 0. The molecule has 0 aliphatic heterocycles. The normalized spacial score (nSPS) is 10.3. The van der Waals surface area contributed by atoms with Crippen LogP contribution in [0.25, 0.3) is 0 Å². The summed E-state index contributed by atoms with van der Waals surface area (Å²) in [5, 5.41) is 0. The van der Waals surface area contributed by atoms with Crippen molar-refractivity contribution in [3.63, 3.8) is 0 Å². The molecule has 0 saturated heterocycles. The summed E-state index contributed by atoms with van der Waals surface area (Å²) in [5.74, 6) is 0.571. The first-order chi connectivity index (χ1) is 7.74. The predicted molar refractivity (Wildman–Crippen MR) is 68.0 cm³/mol. The van der Waals surface area contributed by atoms with E-state index in [-0.39, 0.29) is 0 Å². The first-order valence-electron chi connectivity index (χ1n) is 5.05. The standard InChI is InChI=1S/C12H12BrN3/c13-10-2-4-11(16-8-10)3-1-9-5-6-15-12(14)7-9/h2,4-8H,1,3H2,(H2,14,15). The lowest BCUT2D eigenvalue weighted by molar-refractivity contribution is 0.910. The fourth-order valence-corrected chi connectivity index (χ4v) is 1.71. The zero-order valence-corrected chi connectivity index (χ0v) is 10.3. The SMILES string of the molecule is Nc1cc(CCc2ccc(Br)cn2)ccn1. The molecule has 4 heteroatoms. The van der Waals surface area contributed by atoms with Gasteiger partial charge in [-0.25, -0.2) is 4.98 Å². The van der Waals surface area contributed by atoms with Crippen LogP contribution in [0.15, 0.2) is 41.1 Å². The van der Waals surface area contributed by atoms with Crippen LogP contribution in [0.4, 0.5) is 5.82 Å². The molecule has 0 aliphatic rings. The second kappa shape index (κ2) is 5.07. The number of rotatable bonds is 3. The fourth-order valence-electron chi connectivity index (χ4n) is 1.48. The van der Waals surface area contributed by atoms with E-state index in [0.29, 0.717) is 5.82 Å². The zero-order chi connectivity index (χ0) is 11.4. The summed E-state index contributed by atoms with van der Waals surface area (Å²) in [6.45, 7) is 0. The van der Waals surface area contributed by atoms with E-state index in [1.807, 2.05) is 30.5 Å². The van der Waals surface area contributed by atoms with Crippen molar-refractivity contribution < 1.29 is 0 Å². The lowest BCUT2D eigenvalue weighted by Gasteiger charge is -2.02. The average Bonchev–Trinajstić information content (AvgIpc) is 2.28. The molecule has 2 rings (SSSR count). The van der Waals surface area contributed by atoms with Crippen LogP contribution < -0.4 is 5.73 Å². The van der Waals surface area contributed by atoms with Gasteiger partial charge in [0.25, 0.3) is 0 Å². The van der Waals surface area contributed by atoms with E-state index < -0.39 is 0 Å². The summed E-state index contributed by atoms with van der Waals surface area (Å²) in [4.78, 5) is 8.28. The van der Waals surface area contributed by atoms with Crippen molar-refractivity contribution >= 4 is 21.7 Å². The molecule has 0 atom stereocenters. The fraction of sp³-hybridized carbons (Fsp3) is 0.167. The Morgan fingerprint density at radius 2 is 2.00 bits per heavy atom. The highest BCUT2D eigenvalue weighted by Gasteiger charge is 1.98. The number of halogens is 1. The van der Waals surface area contributed by atoms with Crippen molar-refractivity contribution in [2.45, 2.75) is 12.8 Å². The van der Waals surface area contributed by atoms with Crippen LogP contribution in [-0.4, -0.2) is 9.97 Å². The number of nitrogens with two attached hydrogens (primary N) is 1. The molecule has 0 unspecified atom stereocenters. The topological polar surface area (TPSA) is 51.8 Å². The van der Waals surface area contributed by atoms with Gasteiger partial charge in [0.2, 0.25) is 0 Å². The van der Waals surface area contributed by atoms with Gasteiger partial charge in [-0.2, -0.15) is 0 Å². The Labute approximate surface area is 103 Å². The molecule has 16 heavy (non-hydrogen) atoms. The van der Waals surface area contributed by atoms with Gasteiger partial charge in [0, 0.05) is 22.6 Å². The van der Waals surface area contributed by atoms with Gasteiger partial charge >= 0.3 is 0 Å². The van der Waals surface area contributed by atoms with Crippen LogP contribution >= 0.6 is 15.9 Å². The molecule has 2 aromatic rings. The van der Waals surface area contributed by atoms with Crippen molar-refractivity contribution in [2.75, 3.05) is 5.73 Å². The molecule has 2 N–H and O–H groups in total. The van der Waals surface area contributed by atoms with Crippen LogP contribution in [0, 0.1) is 0 Å². The lowest BCUT2D eigenvalue weighted by Crippen LogP contribution is -1.96. The number of hydrogen-bond acceptors (Lipinski definition) is 3. The Balaban J connectivity index is 1.99.